The Labute approximate surface area is 116 Å². The van der Waals surface area contributed by atoms with Gasteiger partial charge in [-0.2, -0.15) is 0 Å². The van der Waals surface area contributed by atoms with Crippen LogP contribution in [0.15, 0.2) is 24.3 Å². The molecule has 20 heavy (non-hydrogen) atoms. The van der Waals surface area contributed by atoms with Gasteiger partial charge >= 0.3 is 5.97 Å². The summed E-state index contributed by atoms with van der Waals surface area (Å²) in [4.78, 5) is 36.4. The summed E-state index contributed by atoms with van der Waals surface area (Å²) in [5.41, 5.74) is 1.19. The molecule has 2 rings (SSSR count). The van der Waals surface area contributed by atoms with Crippen molar-refractivity contribution in [3.63, 3.8) is 0 Å². The molecule has 1 aromatic carbocycles. The van der Waals surface area contributed by atoms with Crippen molar-refractivity contribution in [3.05, 3.63) is 24.3 Å². The summed E-state index contributed by atoms with van der Waals surface area (Å²) in [6.45, 7) is 2.95. The van der Waals surface area contributed by atoms with E-state index in [0.717, 1.165) is 0 Å². The van der Waals surface area contributed by atoms with Crippen molar-refractivity contribution in [3.8, 4) is 0 Å². The molecule has 1 heterocycles. The number of rotatable bonds is 3. The highest BCUT2D eigenvalue weighted by molar-refractivity contribution is 6.10. The summed E-state index contributed by atoms with van der Waals surface area (Å²) in [6.07, 6.45) is 0. The first-order valence-corrected chi connectivity index (χ1v) is 6.35. The number of ether oxygens (including phenoxy) is 1. The lowest BCUT2D eigenvalue weighted by molar-refractivity contribution is -0.151. The second-order valence-corrected chi connectivity index (χ2v) is 4.81. The second kappa shape index (κ2) is 5.73. The quantitative estimate of drug-likeness (QED) is 0.841. The highest BCUT2D eigenvalue weighted by Gasteiger charge is 2.27. The molecule has 0 atom stereocenters. The number of esters is 1. The molecule has 0 radical (unpaired) electrons. The van der Waals surface area contributed by atoms with Gasteiger partial charge in [-0.25, -0.2) is 0 Å². The Morgan fingerprint density at radius 1 is 1.35 bits per heavy atom. The van der Waals surface area contributed by atoms with Gasteiger partial charge in [0.05, 0.1) is 17.3 Å². The van der Waals surface area contributed by atoms with Gasteiger partial charge in [0.2, 0.25) is 5.91 Å². The first kappa shape index (κ1) is 14.0. The molecule has 0 bridgehead atoms. The lowest BCUT2D eigenvalue weighted by Gasteiger charge is -2.28. The molecule has 106 valence electrons. The Hall–Kier alpha value is -2.37. The third-order valence-electron chi connectivity index (χ3n) is 2.88. The van der Waals surface area contributed by atoms with Gasteiger partial charge in [-0.1, -0.05) is 26.0 Å². The lowest BCUT2D eigenvalue weighted by Crippen LogP contribution is -2.44. The van der Waals surface area contributed by atoms with Crippen molar-refractivity contribution in [2.24, 2.45) is 5.92 Å². The van der Waals surface area contributed by atoms with Crippen LogP contribution in [0.3, 0.4) is 0 Å². The number of hydrogen-bond acceptors (Lipinski definition) is 4. The minimum atomic E-state index is -0.437. The van der Waals surface area contributed by atoms with E-state index in [2.05, 4.69) is 5.32 Å². The van der Waals surface area contributed by atoms with E-state index in [0.29, 0.717) is 11.4 Å². The largest absolute Gasteiger partial charge is 0.455 e. The molecule has 0 spiro atoms. The first-order valence-electron chi connectivity index (χ1n) is 6.35. The Morgan fingerprint density at radius 3 is 2.75 bits per heavy atom. The van der Waals surface area contributed by atoms with E-state index in [1.807, 2.05) is 0 Å². The third-order valence-corrected chi connectivity index (χ3v) is 2.88. The van der Waals surface area contributed by atoms with Crippen LogP contribution in [-0.2, 0) is 19.1 Å². The third kappa shape index (κ3) is 2.96. The lowest BCUT2D eigenvalue weighted by atomic mass is 10.2. The van der Waals surface area contributed by atoms with E-state index < -0.39 is 11.9 Å². The maximum Gasteiger partial charge on any atom is 0.308 e. The fourth-order valence-corrected chi connectivity index (χ4v) is 1.83. The molecule has 1 aromatic rings. The van der Waals surface area contributed by atoms with E-state index in [-0.39, 0.29) is 25.0 Å². The molecule has 0 unspecified atom stereocenters. The maximum absolute atomic E-state index is 12.1. The van der Waals surface area contributed by atoms with Gasteiger partial charge in [0.25, 0.3) is 5.91 Å². The number of carbonyl (C=O) groups is 3. The number of benzene rings is 1. The number of amides is 2. The summed E-state index contributed by atoms with van der Waals surface area (Å²) in [6, 6.07) is 6.99. The molecule has 6 nitrogen and oxygen atoms in total. The Bertz CT molecular complexity index is 554. The second-order valence-electron chi connectivity index (χ2n) is 4.81. The van der Waals surface area contributed by atoms with Crippen molar-refractivity contribution in [1.29, 1.82) is 0 Å². The number of para-hydroxylation sites is 2. The van der Waals surface area contributed by atoms with Crippen LogP contribution in [0.25, 0.3) is 0 Å². The van der Waals surface area contributed by atoms with Crippen LogP contribution in [0.1, 0.15) is 13.8 Å². The number of hydrogen-bond donors (Lipinski definition) is 1. The van der Waals surface area contributed by atoms with Crippen molar-refractivity contribution >= 4 is 29.2 Å². The smallest absolute Gasteiger partial charge is 0.308 e. The molecule has 1 aliphatic heterocycles. The molecule has 0 saturated heterocycles. The molecule has 0 aliphatic carbocycles. The highest BCUT2D eigenvalue weighted by Crippen LogP contribution is 2.28. The average Bonchev–Trinajstić information content (AvgIpc) is 2.43. The van der Waals surface area contributed by atoms with Gasteiger partial charge in [-0.15, -0.1) is 0 Å². The summed E-state index contributed by atoms with van der Waals surface area (Å²) >= 11 is 0. The van der Waals surface area contributed by atoms with Crippen LogP contribution >= 0.6 is 0 Å². The first-order chi connectivity index (χ1) is 9.49. The van der Waals surface area contributed by atoms with E-state index >= 15 is 0 Å². The number of anilines is 2. The van der Waals surface area contributed by atoms with Crippen LogP contribution in [0, 0.1) is 5.92 Å². The molecule has 0 saturated carbocycles. The molecule has 0 aromatic heterocycles. The Morgan fingerprint density at radius 2 is 2.05 bits per heavy atom. The maximum atomic E-state index is 12.1. The zero-order chi connectivity index (χ0) is 14.7. The van der Waals surface area contributed by atoms with Crippen LogP contribution in [0.5, 0.6) is 0 Å². The normalized spacial score (nSPS) is 13.8. The summed E-state index contributed by atoms with van der Waals surface area (Å²) in [7, 11) is 0. The molecule has 6 heteroatoms. The summed E-state index contributed by atoms with van der Waals surface area (Å²) in [5.74, 6) is -1.42. The van der Waals surface area contributed by atoms with Gasteiger partial charge in [0.15, 0.2) is 6.61 Å². The fourth-order valence-electron chi connectivity index (χ4n) is 1.83. The van der Waals surface area contributed by atoms with E-state index in [1.165, 1.54) is 4.90 Å². The number of nitrogens with zero attached hydrogens (tertiary/aromatic N) is 1. The van der Waals surface area contributed by atoms with E-state index in [4.69, 9.17) is 4.74 Å². The Kier molecular flexibility index (Phi) is 4.02. The van der Waals surface area contributed by atoms with Gasteiger partial charge < -0.3 is 10.1 Å². The number of nitrogens with one attached hydrogen (secondary N) is 1. The Balaban J connectivity index is 2.10. The highest BCUT2D eigenvalue weighted by atomic mass is 16.5. The van der Waals surface area contributed by atoms with Crippen molar-refractivity contribution in [2.45, 2.75) is 13.8 Å². The van der Waals surface area contributed by atoms with Crippen LogP contribution in [0.4, 0.5) is 11.4 Å². The zero-order valence-corrected chi connectivity index (χ0v) is 11.4. The van der Waals surface area contributed by atoms with Crippen molar-refractivity contribution in [1.82, 2.24) is 0 Å². The monoisotopic (exact) mass is 276 g/mol. The zero-order valence-electron chi connectivity index (χ0n) is 11.4. The topological polar surface area (TPSA) is 75.7 Å². The summed E-state index contributed by atoms with van der Waals surface area (Å²) < 4.78 is 4.91. The van der Waals surface area contributed by atoms with E-state index in [9.17, 15) is 14.4 Å². The molecule has 1 aliphatic rings. The molecule has 0 fully saturated rings. The van der Waals surface area contributed by atoms with Crippen LogP contribution in [-0.4, -0.2) is 30.9 Å². The minimum absolute atomic E-state index is 0.0743. The predicted octanol–water partition coefficient (Wildman–Crippen LogP) is 1.17. The number of fused-ring (bicyclic) bond motifs is 1. The molecular weight excluding hydrogens is 260 g/mol. The van der Waals surface area contributed by atoms with Gasteiger partial charge in [0.1, 0.15) is 6.54 Å². The van der Waals surface area contributed by atoms with Crippen molar-refractivity contribution < 1.29 is 19.1 Å². The molecular formula is C14H16N2O4. The minimum Gasteiger partial charge on any atom is -0.455 e. The van der Waals surface area contributed by atoms with Gasteiger partial charge in [-0.3, -0.25) is 19.3 Å². The summed E-state index contributed by atoms with van der Waals surface area (Å²) in [5, 5.41) is 2.69. The molecule has 1 N–H and O–H groups in total. The van der Waals surface area contributed by atoms with E-state index in [1.54, 1.807) is 38.1 Å². The van der Waals surface area contributed by atoms with Gasteiger partial charge in [0, 0.05) is 0 Å². The predicted molar refractivity (Wildman–Crippen MR) is 73.2 cm³/mol. The van der Waals surface area contributed by atoms with Gasteiger partial charge in [-0.05, 0) is 12.1 Å². The number of carbonyl (C=O) groups excluding carboxylic acids is 3. The van der Waals surface area contributed by atoms with Crippen LogP contribution < -0.4 is 10.2 Å². The molecule has 2 amide bonds. The van der Waals surface area contributed by atoms with Crippen molar-refractivity contribution in [2.75, 3.05) is 23.4 Å². The average molecular weight is 276 g/mol. The SMILES string of the molecule is CC(C)C(=O)OCC(=O)N1CC(=O)Nc2ccccc21. The fraction of sp³-hybridized carbons (Fsp3) is 0.357. The van der Waals surface area contributed by atoms with Crippen LogP contribution in [0.2, 0.25) is 0 Å². The standard InChI is InChI=1S/C14H16N2O4/c1-9(2)14(19)20-8-13(18)16-7-12(17)15-10-5-3-4-6-11(10)16/h3-6,9H,7-8H2,1-2H3,(H,15,17).